The van der Waals surface area contributed by atoms with Gasteiger partial charge in [0.15, 0.2) is 0 Å². The van der Waals surface area contributed by atoms with Gasteiger partial charge in [-0.25, -0.2) is 9.59 Å². The number of H-pyrrole nitrogens is 1. The number of nitrogens with zero attached hydrogens (tertiary/aromatic N) is 1. The van der Waals surface area contributed by atoms with Gasteiger partial charge in [0, 0.05) is 18.1 Å². The average Bonchev–Trinajstić information content (AvgIpc) is 3.04. The van der Waals surface area contributed by atoms with Crippen LogP contribution in [0.4, 0.5) is 4.79 Å². The fourth-order valence-electron chi connectivity index (χ4n) is 2.70. The summed E-state index contributed by atoms with van der Waals surface area (Å²) < 4.78 is 5.13. The van der Waals surface area contributed by atoms with Crippen LogP contribution in [0.2, 0.25) is 0 Å². The number of aromatic nitrogens is 1. The van der Waals surface area contributed by atoms with Crippen molar-refractivity contribution in [2.45, 2.75) is 45.3 Å². The van der Waals surface area contributed by atoms with E-state index < -0.39 is 23.7 Å². The molecule has 0 aliphatic carbocycles. The second-order valence-electron chi connectivity index (χ2n) is 7.06. The van der Waals surface area contributed by atoms with Gasteiger partial charge in [0.05, 0.1) is 0 Å². The van der Waals surface area contributed by atoms with Gasteiger partial charge in [-0.1, -0.05) is 18.2 Å². The molecule has 140 valence electrons. The molecule has 2 N–H and O–H groups in total. The van der Waals surface area contributed by atoms with Crippen LogP contribution in [0.5, 0.6) is 0 Å². The lowest BCUT2D eigenvalue weighted by Gasteiger charge is -2.26. The third kappa shape index (κ3) is 5.08. The van der Waals surface area contributed by atoms with E-state index in [0.29, 0.717) is 13.0 Å². The number of aliphatic carboxylic acids is 1. The maximum atomic E-state index is 11.6. The molecule has 0 unspecified atom stereocenters. The minimum atomic E-state index is -0.960. The molecule has 26 heavy (non-hydrogen) atoms. The molecule has 2 heterocycles. The molecule has 0 saturated carbocycles. The number of pyridine rings is 1. The Morgan fingerprint density at radius 3 is 2.54 bits per heavy atom. The number of hydrogen-bond acceptors (Lipinski definition) is 4. The number of carboxylic acid groups (broad SMARTS) is 1. The highest BCUT2D eigenvalue weighted by atomic mass is 16.6. The Kier molecular flexibility index (Phi) is 6.02. The second-order valence-corrected chi connectivity index (χ2v) is 7.06. The van der Waals surface area contributed by atoms with Gasteiger partial charge >= 0.3 is 12.1 Å². The van der Waals surface area contributed by atoms with Crippen molar-refractivity contribution in [2.75, 3.05) is 6.54 Å². The highest BCUT2D eigenvalue weighted by Crippen LogP contribution is 2.20. The van der Waals surface area contributed by atoms with Crippen molar-refractivity contribution in [3.63, 3.8) is 0 Å². The Labute approximate surface area is 151 Å². The third-order valence-corrected chi connectivity index (χ3v) is 3.85. The van der Waals surface area contributed by atoms with Crippen molar-refractivity contribution in [2.24, 2.45) is 0 Å². The highest BCUT2D eigenvalue weighted by Gasteiger charge is 2.36. The molecule has 1 amide bonds. The molecular weight excluding hydrogens is 336 g/mol. The Morgan fingerprint density at radius 2 is 1.92 bits per heavy atom. The van der Waals surface area contributed by atoms with Crippen molar-refractivity contribution in [3.8, 4) is 0 Å². The fourth-order valence-corrected chi connectivity index (χ4v) is 2.70. The van der Waals surface area contributed by atoms with Crippen LogP contribution in [0.3, 0.4) is 0 Å². The van der Waals surface area contributed by atoms with Crippen LogP contribution in [0, 0.1) is 0 Å². The van der Waals surface area contributed by atoms with Crippen LogP contribution in [-0.2, 0) is 9.53 Å². The van der Waals surface area contributed by atoms with Crippen molar-refractivity contribution in [1.82, 2.24) is 9.88 Å². The van der Waals surface area contributed by atoms with E-state index in [4.69, 9.17) is 9.84 Å². The van der Waals surface area contributed by atoms with Crippen LogP contribution >= 0.6 is 0 Å². The Morgan fingerprint density at radius 1 is 1.23 bits per heavy atom. The van der Waals surface area contributed by atoms with Crippen molar-refractivity contribution in [3.05, 3.63) is 46.9 Å². The predicted octanol–water partition coefficient (Wildman–Crippen LogP) is 3.00. The van der Waals surface area contributed by atoms with E-state index in [1.54, 1.807) is 27.0 Å². The molecule has 1 atom stereocenters. The number of carbonyl (C=O) groups is 2. The van der Waals surface area contributed by atoms with E-state index >= 15 is 0 Å². The summed E-state index contributed by atoms with van der Waals surface area (Å²) in [6.45, 7) is 5.75. The van der Waals surface area contributed by atoms with E-state index in [9.17, 15) is 14.4 Å². The zero-order valence-corrected chi connectivity index (χ0v) is 15.2. The van der Waals surface area contributed by atoms with E-state index in [1.165, 1.54) is 4.90 Å². The number of ether oxygens (including phenoxy) is 1. The van der Waals surface area contributed by atoms with E-state index in [0.717, 1.165) is 17.2 Å². The number of likely N-dealkylation sites (tertiary alicyclic amines) is 1. The molecule has 1 aliphatic rings. The molecule has 7 nitrogen and oxygen atoms in total. The lowest BCUT2D eigenvalue weighted by Crippen LogP contribution is -2.43. The SMILES string of the molecule is CC(C)(C)OC(=O)N1CCC[C@H]1C(=O)O.O=c1[nH]ccc2ccccc12. The molecule has 1 aromatic carbocycles. The molecule has 7 heteroatoms. The smallest absolute Gasteiger partial charge is 0.411 e. The number of benzene rings is 1. The summed E-state index contributed by atoms with van der Waals surface area (Å²) in [6, 6.07) is 8.68. The van der Waals surface area contributed by atoms with E-state index in [2.05, 4.69) is 4.98 Å². The predicted molar refractivity (Wildman–Crippen MR) is 98.2 cm³/mol. The Bertz CT molecular complexity index is 832. The molecule has 0 spiro atoms. The molecule has 0 bridgehead atoms. The molecule has 1 aromatic heterocycles. The monoisotopic (exact) mass is 360 g/mol. The van der Waals surface area contributed by atoms with Gasteiger partial charge in [0.1, 0.15) is 11.6 Å². The third-order valence-electron chi connectivity index (χ3n) is 3.85. The van der Waals surface area contributed by atoms with Crippen LogP contribution in [0.1, 0.15) is 33.6 Å². The first-order valence-corrected chi connectivity index (χ1v) is 8.48. The molecule has 1 aliphatic heterocycles. The lowest BCUT2D eigenvalue weighted by atomic mass is 10.2. The minimum Gasteiger partial charge on any atom is -0.480 e. The molecular formula is C19H24N2O5. The van der Waals surface area contributed by atoms with Gasteiger partial charge in [-0.05, 0) is 51.1 Å². The van der Waals surface area contributed by atoms with Gasteiger partial charge in [-0.2, -0.15) is 0 Å². The molecule has 2 aromatic rings. The van der Waals surface area contributed by atoms with E-state index in [1.807, 2.05) is 30.3 Å². The number of rotatable bonds is 1. The largest absolute Gasteiger partial charge is 0.480 e. The minimum absolute atomic E-state index is 0.0249. The normalized spacial score (nSPS) is 16.7. The number of hydrogen-bond donors (Lipinski definition) is 2. The van der Waals surface area contributed by atoms with Crippen LogP contribution in [0.25, 0.3) is 10.8 Å². The zero-order valence-electron chi connectivity index (χ0n) is 15.2. The summed E-state index contributed by atoms with van der Waals surface area (Å²) in [5.74, 6) is -0.960. The Hall–Kier alpha value is -2.83. The van der Waals surface area contributed by atoms with E-state index in [-0.39, 0.29) is 5.56 Å². The number of amides is 1. The zero-order chi connectivity index (χ0) is 19.3. The van der Waals surface area contributed by atoms with Gasteiger partial charge < -0.3 is 14.8 Å². The summed E-state index contributed by atoms with van der Waals surface area (Å²) >= 11 is 0. The van der Waals surface area contributed by atoms with Crippen molar-refractivity contribution < 1.29 is 19.4 Å². The van der Waals surface area contributed by atoms with Gasteiger partial charge in [0.2, 0.25) is 0 Å². The van der Waals surface area contributed by atoms with Crippen molar-refractivity contribution in [1.29, 1.82) is 0 Å². The summed E-state index contributed by atoms with van der Waals surface area (Å²) in [7, 11) is 0. The molecule has 3 rings (SSSR count). The first kappa shape index (κ1) is 19.5. The lowest BCUT2D eigenvalue weighted by molar-refractivity contribution is -0.142. The maximum absolute atomic E-state index is 11.6. The van der Waals surface area contributed by atoms with Gasteiger partial charge in [-0.3, -0.25) is 9.69 Å². The van der Waals surface area contributed by atoms with Crippen LogP contribution in [-0.4, -0.2) is 45.2 Å². The fraction of sp³-hybridized carbons (Fsp3) is 0.421. The second kappa shape index (κ2) is 8.03. The standard InChI is InChI=1S/C10H17NO4.C9H7NO/c1-10(2,3)15-9(14)11-6-4-5-7(11)8(12)13;11-9-8-4-2-1-3-7(8)5-6-10-9/h7H,4-6H2,1-3H3,(H,12,13);1-6H,(H,10,11)/t7-;/m0./s1. The highest BCUT2D eigenvalue weighted by molar-refractivity contribution is 5.81. The molecule has 1 saturated heterocycles. The van der Waals surface area contributed by atoms with Gasteiger partial charge in [0.25, 0.3) is 5.56 Å². The number of nitrogens with one attached hydrogen (secondary N) is 1. The van der Waals surface area contributed by atoms with Gasteiger partial charge in [-0.15, -0.1) is 0 Å². The Balaban J connectivity index is 0.000000195. The topological polar surface area (TPSA) is 99.7 Å². The number of carboxylic acids is 1. The van der Waals surface area contributed by atoms with Crippen molar-refractivity contribution >= 4 is 22.8 Å². The quantitative estimate of drug-likeness (QED) is 0.814. The summed E-state index contributed by atoms with van der Waals surface area (Å²) in [5, 5.41) is 10.6. The number of carbonyl (C=O) groups excluding carboxylic acids is 1. The molecule has 1 fully saturated rings. The first-order chi connectivity index (χ1) is 12.2. The number of aromatic amines is 1. The first-order valence-electron chi connectivity index (χ1n) is 8.48. The average molecular weight is 360 g/mol. The van der Waals surface area contributed by atoms with Crippen LogP contribution in [0.15, 0.2) is 41.3 Å². The summed E-state index contributed by atoms with van der Waals surface area (Å²) in [4.78, 5) is 37.5. The summed E-state index contributed by atoms with van der Waals surface area (Å²) in [6.07, 6.45) is 2.35. The number of fused-ring (bicyclic) bond motifs is 1. The summed E-state index contributed by atoms with van der Waals surface area (Å²) in [5.41, 5.74) is -0.606. The maximum Gasteiger partial charge on any atom is 0.411 e. The van der Waals surface area contributed by atoms with Crippen LogP contribution < -0.4 is 5.56 Å². The molecule has 0 radical (unpaired) electrons.